The maximum atomic E-state index is 13.6. The zero-order valence-electron chi connectivity index (χ0n) is 16.8. The fourth-order valence-electron chi connectivity index (χ4n) is 3.66. The molecule has 0 aliphatic carbocycles. The lowest BCUT2D eigenvalue weighted by Gasteiger charge is -2.21. The van der Waals surface area contributed by atoms with Gasteiger partial charge in [0.1, 0.15) is 17.0 Å². The molecule has 4 aromatic rings. The quantitative estimate of drug-likeness (QED) is 0.402. The van der Waals surface area contributed by atoms with E-state index in [1.54, 1.807) is 30.8 Å². The van der Waals surface area contributed by atoms with Gasteiger partial charge < -0.3 is 4.57 Å². The highest BCUT2D eigenvalue weighted by Crippen LogP contribution is 2.39. The van der Waals surface area contributed by atoms with Crippen LogP contribution < -0.4 is 0 Å². The molecule has 0 aliphatic heterocycles. The molecule has 2 aromatic carbocycles. The zero-order chi connectivity index (χ0) is 21.1. The Morgan fingerprint density at radius 1 is 0.933 bits per heavy atom. The average molecular weight is 420 g/mol. The van der Waals surface area contributed by atoms with E-state index in [2.05, 4.69) is 9.55 Å². The minimum atomic E-state index is -1.12. The summed E-state index contributed by atoms with van der Waals surface area (Å²) in [6.07, 6.45) is 5.86. The van der Waals surface area contributed by atoms with Crippen molar-refractivity contribution in [3.8, 4) is 33.9 Å². The highest BCUT2D eigenvalue weighted by atomic mass is 32.2. The third kappa shape index (κ3) is 3.83. The molecular formula is C24H22FN3OS. The third-order valence-corrected chi connectivity index (χ3v) is 6.35. The third-order valence-electron chi connectivity index (χ3n) is 5.03. The van der Waals surface area contributed by atoms with Gasteiger partial charge in [0, 0.05) is 46.1 Å². The van der Waals surface area contributed by atoms with Crippen molar-refractivity contribution < 1.29 is 8.60 Å². The van der Waals surface area contributed by atoms with Gasteiger partial charge in [-0.2, -0.15) is 0 Å². The highest BCUT2D eigenvalue weighted by Gasteiger charge is 2.27. The van der Waals surface area contributed by atoms with E-state index in [1.807, 2.05) is 49.4 Å². The van der Waals surface area contributed by atoms with Gasteiger partial charge in [-0.05, 0) is 42.8 Å². The standard InChI is InChI=1S/C24H22FN3OS/c1-3-21(30(2)29)28-23(18-13-15-26-16-14-18)22(17-9-11-20(25)12-10-17)27-24(28)19-7-5-4-6-8-19/h4-16,21H,3H2,1-2H3. The number of benzene rings is 2. The van der Waals surface area contributed by atoms with Crippen LogP contribution >= 0.6 is 0 Å². The second kappa shape index (κ2) is 8.71. The molecule has 6 heteroatoms. The highest BCUT2D eigenvalue weighted by molar-refractivity contribution is 7.84. The number of hydrogen-bond donors (Lipinski definition) is 0. The lowest BCUT2D eigenvalue weighted by molar-refractivity contribution is 0.616. The lowest BCUT2D eigenvalue weighted by atomic mass is 10.1. The Morgan fingerprint density at radius 3 is 2.20 bits per heavy atom. The molecular weight excluding hydrogens is 397 g/mol. The Labute approximate surface area is 177 Å². The van der Waals surface area contributed by atoms with Gasteiger partial charge in [-0.1, -0.05) is 37.3 Å². The average Bonchev–Trinajstić information content (AvgIpc) is 3.16. The topological polar surface area (TPSA) is 47.8 Å². The summed E-state index contributed by atoms with van der Waals surface area (Å²) in [4.78, 5) is 9.13. The predicted molar refractivity (Wildman–Crippen MR) is 120 cm³/mol. The first kappa shape index (κ1) is 20.2. The van der Waals surface area contributed by atoms with Crippen LogP contribution in [0.25, 0.3) is 33.9 Å². The van der Waals surface area contributed by atoms with Crippen LogP contribution in [-0.2, 0) is 10.8 Å². The summed E-state index contributed by atoms with van der Waals surface area (Å²) in [6, 6.07) is 20.0. The van der Waals surface area contributed by atoms with Crippen LogP contribution in [-0.4, -0.2) is 25.0 Å². The minimum absolute atomic E-state index is 0.259. The molecule has 0 N–H and O–H groups in total. The molecule has 2 unspecified atom stereocenters. The lowest BCUT2D eigenvalue weighted by Crippen LogP contribution is -2.15. The summed E-state index contributed by atoms with van der Waals surface area (Å²) in [5.74, 6) is 0.441. The molecule has 0 bridgehead atoms. The van der Waals surface area contributed by atoms with Crippen molar-refractivity contribution in [2.45, 2.75) is 18.7 Å². The Bertz CT molecular complexity index is 1160. The van der Waals surface area contributed by atoms with E-state index in [9.17, 15) is 8.60 Å². The second-order valence-corrected chi connectivity index (χ2v) is 8.51. The molecule has 152 valence electrons. The predicted octanol–water partition coefficient (Wildman–Crippen LogP) is 5.71. The number of hydrogen-bond acceptors (Lipinski definition) is 3. The van der Waals surface area contributed by atoms with Crippen LogP contribution in [0.2, 0.25) is 0 Å². The van der Waals surface area contributed by atoms with Gasteiger partial charge in [-0.15, -0.1) is 0 Å². The Balaban J connectivity index is 2.09. The first-order valence-electron chi connectivity index (χ1n) is 9.76. The molecule has 2 heterocycles. The number of halogens is 1. The Kier molecular flexibility index (Phi) is 5.86. The fraction of sp³-hybridized carbons (Fsp3) is 0.167. The van der Waals surface area contributed by atoms with Crippen molar-refractivity contribution in [1.82, 2.24) is 14.5 Å². The molecule has 0 saturated heterocycles. The molecule has 0 aliphatic rings. The maximum absolute atomic E-state index is 13.6. The fourth-order valence-corrected chi connectivity index (χ4v) is 4.64. The SMILES string of the molecule is CCC(n1c(-c2ccccc2)nc(-c2ccc(F)cc2)c1-c1ccncc1)S(C)=O. The number of pyridine rings is 1. The number of rotatable bonds is 6. The first-order chi connectivity index (χ1) is 14.6. The molecule has 2 aromatic heterocycles. The molecule has 0 radical (unpaired) electrons. The van der Waals surface area contributed by atoms with Crippen LogP contribution in [0.3, 0.4) is 0 Å². The van der Waals surface area contributed by atoms with Gasteiger partial charge in [0.25, 0.3) is 0 Å². The van der Waals surface area contributed by atoms with E-state index in [-0.39, 0.29) is 11.2 Å². The van der Waals surface area contributed by atoms with E-state index in [1.165, 1.54) is 12.1 Å². The summed E-state index contributed by atoms with van der Waals surface area (Å²) in [7, 11) is -1.12. The van der Waals surface area contributed by atoms with Gasteiger partial charge in [0.2, 0.25) is 0 Å². The summed E-state index contributed by atoms with van der Waals surface area (Å²) < 4.78 is 28.4. The summed E-state index contributed by atoms with van der Waals surface area (Å²) in [6.45, 7) is 2.02. The largest absolute Gasteiger partial charge is 0.308 e. The van der Waals surface area contributed by atoms with Gasteiger partial charge in [0.05, 0.1) is 11.4 Å². The second-order valence-electron chi connectivity index (χ2n) is 6.97. The van der Waals surface area contributed by atoms with Crippen molar-refractivity contribution in [3.63, 3.8) is 0 Å². The van der Waals surface area contributed by atoms with Crippen molar-refractivity contribution in [2.24, 2.45) is 0 Å². The van der Waals surface area contributed by atoms with Gasteiger partial charge in [-0.3, -0.25) is 9.19 Å². The zero-order valence-corrected chi connectivity index (χ0v) is 17.6. The molecule has 0 amide bonds. The molecule has 4 rings (SSSR count). The van der Waals surface area contributed by atoms with E-state index >= 15 is 0 Å². The molecule has 30 heavy (non-hydrogen) atoms. The van der Waals surface area contributed by atoms with Gasteiger partial charge in [0.15, 0.2) is 0 Å². The van der Waals surface area contributed by atoms with E-state index in [4.69, 9.17) is 4.98 Å². The number of aromatic nitrogens is 3. The van der Waals surface area contributed by atoms with E-state index < -0.39 is 10.8 Å². The van der Waals surface area contributed by atoms with Crippen LogP contribution in [0, 0.1) is 5.82 Å². The first-order valence-corrected chi connectivity index (χ1v) is 11.4. The van der Waals surface area contributed by atoms with Crippen LogP contribution in [0.1, 0.15) is 18.7 Å². The molecule has 0 fully saturated rings. The maximum Gasteiger partial charge on any atom is 0.142 e. The Hall–Kier alpha value is -3.12. The van der Waals surface area contributed by atoms with Crippen LogP contribution in [0.5, 0.6) is 0 Å². The summed E-state index contributed by atoms with van der Waals surface area (Å²) in [5, 5.41) is -0.259. The van der Waals surface area contributed by atoms with Gasteiger partial charge >= 0.3 is 0 Å². The molecule has 0 saturated carbocycles. The van der Waals surface area contributed by atoms with E-state index in [0.717, 1.165) is 33.9 Å². The molecule has 4 nitrogen and oxygen atoms in total. The number of imidazole rings is 1. The van der Waals surface area contributed by atoms with Crippen molar-refractivity contribution in [3.05, 3.63) is 84.9 Å². The summed E-state index contributed by atoms with van der Waals surface area (Å²) in [5.41, 5.74) is 4.23. The van der Waals surface area contributed by atoms with Crippen molar-refractivity contribution in [1.29, 1.82) is 0 Å². The van der Waals surface area contributed by atoms with Crippen molar-refractivity contribution >= 4 is 10.8 Å². The monoisotopic (exact) mass is 419 g/mol. The van der Waals surface area contributed by atoms with E-state index in [0.29, 0.717) is 6.42 Å². The normalized spacial score (nSPS) is 13.2. The molecule has 0 spiro atoms. The van der Waals surface area contributed by atoms with Crippen LogP contribution in [0.4, 0.5) is 4.39 Å². The minimum Gasteiger partial charge on any atom is -0.308 e. The van der Waals surface area contributed by atoms with Crippen LogP contribution in [0.15, 0.2) is 79.1 Å². The molecule has 2 atom stereocenters. The van der Waals surface area contributed by atoms with Crippen molar-refractivity contribution in [2.75, 3.05) is 6.26 Å². The smallest absolute Gasteiger partial charge is 0.142 e. The Morgan fingerprint density at radius 2 is 1.60 bits per heavy atom. The van der Waals surface area contributed by atoms with Gasteiger partial charge in [-0.25, -0.2) is 9.37 Å². The number of nitrogens with zero attached hydrogens (tertiary/aromatic N) is 3. The summed E-state index contributed by atoms with van der Waals surface area (Å²) >= 11 is 0.